The molecule has 0 bridgehead atoms. The molecular weight excluding hydrogens is 524 g/mol. The number of aryl methyl sites for hydroxylation is 1. The molecule has 0 atom stereocenters. The fourth-order valence-electron chi connectivity index (χ4n) is 4.73. The summed E-state index contributed by atoms with van der Waals surface area (Å²) < 4.78 is 18.2. The summed E-state index contributed by atoms with van der Waals surface area (Å²) in [5.41, 5.74) is 10.4. The molecule has 3 N–H and O–H groups in total. The number of hydrogen-bond donors (Lipinski definition) is 2. The van der Waals surface area contributed by atoms with Crippen LogP contribution in [-0.4, -0.2) is 58.8 Å². The molecule has 2 aromatic heterocycles. The van der Waals surface area contributed by atoms with Gasteiger partial charge in [-0.25, -0.2) is 9.97 Å². The number of nitrogens with one attached hydrogen (secondary N) is 1. The van der Waals surface area contributed by atoms with E-state index in [1.54, 1.807) is 43.5 Å². The number of anilines is 3. The molecule has 1 fully saturated rings. The standard InChI is InChI=1S/C30H28N6O5/c1-35-17-25(22-4-3-5-24-26(22)41-28(34-24)18-6-9-20(39-2)10-7-18)33-27(30(35)38)32-19-8-11-21(23(31)16-19)29(37)36-12-14-40-15-13-36/h3-11,16-17H,12-15,31H2,1-2H3,(H,32,33). The summed E-state index contributed by atoms with van der Waals surface area (Å²) in [6, 6.07) is 18.0. The lowest BCUT2D eigenvalue weighted by atomic mass is 10.1. The van der Waals surface area contributed by atoms with Crippen molar-refractivity contribution in [3.8, 4) is 28.5 Å². The van der Waals surface area contributed by atoms with E-state index >= 15 is 0 Å². The maximum Gasteiger partial charge on any atom is 0.293 e. The Morgan fingerprint density at radius 2 is 1.83 bits per heavy atom. The van der Waals surface area contributed by atoms with Crippen LogP contribution in [-0.2, 0) is 11.8 Å². The molecule has 0 saturated carbocycles. The molecule has 1 saturated heterocycles. The molecule has 11 heteroatoms. The van der Waals surface area contributed by atoms with Gasteiger partial charge in [0.2, 0.25) is 5.89 Å². The maximum atomic E-state index is 13.0. The van der Waals surface area contributed by atoms with Crippen molar-refractivity contribution in [3.05, 3.63) is 82.8 Å². The molecular formula is C30H28N6O5. The molecule has 5 aromatic rings. The second-order valence-electron chi connectivity index (χ2n) is 9.62. The second-order valence-corrected chi connectivity index (χ2v) is 9.62. The Labute approximate surface area is 235 Å². The Morgan fingerprint density at radius 3 is 2.56 bits per heavy atom. The highest BCUT2D eigenvalue weighted by Crippen LogP contribution is 2.32. The van der Waals surface area contributed by atoms with Crippen LogP contribution in [0.4, 0.5) is 17.2 Å². The summed E-state index contributed by atoms with van der Waals surface area (Å²) in [6.07, 6.45) is 1.65. The first-order valence-electron chi connectivity index (χ1n) is 13.1. The van der Waals surface area contributed by atoms with Gasteiger partial charge >= 0.3 is 0 Å². The van der Waals surface area contributed by atoms with Gasteiger partial charge in [-0.15, -0.1) is 0 Å². The van der Waals surface area contributed by atoms with Gasteiger partial charge in [0.15, 0.2) is 11.4 Å². The molecule has 1 amide bonds. The highest BCUT2D eigenvalue weighted by Gasteiger charge is 2.21. The number of methoxy groups -OCH3 is 1. The number of hydrogen-bond acceptors (Lipinski definition) is 9. The molecule has 1 aliphatic heterocycles. The number of rotatable bonds is 6. The average Bonchev–Trinajstić information content (AvgIpc) is 3.44. The number of carbonyl (C=O) groups is 1. The predicted octanol–water partition coefficient (Wildman–Crippen LogP) is 4.06. The van der Waals surface area contributed by atoms with Crippen LogP contribution < -0.4 is 21.3 Å². The maximum absolute atomic E-state index is 13.0. The van der Waals surface area contributed by atoms with Crippen LogP contribution >= 0.6 is 0 Å². The molecule has 0 radical (unpaired) electrons. The van der Waals surface area contributed by atoms with Gasteiger partial charge in [-0.2, -0.15) is 0 Å². The molecule has 0 unspecified atom stereocenters. The van der Waals surface area contributed by atoms with Gasteiger partial charge in [0.1, 0.15) is 11.3 Å². The zero-order valence-electron chi connectivity index (χ0n) is 22.6. The third-order valence-corrected chi connectivity index (χ3v) is 6.94. The van der Waals surface area contributed by atoms with E-state index in [1.165, 1.54) is 4.57 Å². The summed E-state index contributed by atoms with van der Waals surface area (Å²) in [4.78, 5) is 36.9. The van der Waals surface area contributed by atoms with E-state index in [2.05, 4.69) is 15.3 Å². The minimum atomic E-state index is -0.329. The van der Waals surface area contributed by atoms with E-state index in [1.807, 2.05) is 42.5 Å². The van der Waals surface area contributed by atoms with Crippen LogP contribution in [0.25, 0.3) is 33.8 Å². The molecule has 6 rings (SSSR count). The zero-order valence-corrected chi connectivity index (χ0v) is 22.6. The fourth-order valence-corrected chi connectivity index (χ4v) is 4.73. The van der Waals surface area contributed by atoms with Crippen molar-refractivity contribution in [2.45, 2.75) is 0 Å². The second kappa shape index (κ2) is 10.8. The fraction of sp³-hybridized carbons (Fsp3) is 0.200. The van der Waals surface area contributed by atoms with Gasteiger partial charge in [0, 0.05) is 48.8 Å². The van der Waals surface area contributed by atoms with Gasteiger partial charge in [0.25, 0.3) is 11.5 Å². The van der Waals surface area contributed by atoms with Crippen molar-refractivity contribution < 1.29 is 18.7 Å². The van der Waals surface area contributed by atoms with E-state index in [-0.39, 0.29) is 17.3 Å². The normalized spacial score (nSPS) is 13.4. The van der Waals surface area contributed by atoms with Gasteiger partial charge in [-0.05, 0) is 54.6 Å². The minimum absolute atomic E-state index is 0.101. The quantitative estimate of drug-likeness (QED) is 0.299. The largest absolute Gasteiger partial charge is 0.497 e. The third-order valence-electron chi connectivity index (χ3n) is 6.94. The molecule has 0 spiro atoms. The SMILES string of the molecule is COc1ccc(-c2nc3cccc(-c4cn(C)c(=O)c(Nc5ccc(C(=O)N6CCOCC6)c(N)c5)n4)c3o2)cc1. The number of fused-ring (bicyclic) bond motifs is 1. The number of nitrogens with zero attached hydrogens (tertiary/aromatic N) is 4. The van der Waals surface area contributed by atoms with Crippen LogP contribution in [0.3, 0.4) is 0 Å². The van der Waals surface area contributed by atoms with E-state index < -0.39 is 0 Å². The van der Waals surface area contributed by atoms with Gasteiger partial charge in [-0.1, -0.05) is 6.07 Å². The number of ether oxygens (including phenoxy) is 2. The van der Waals surface area contributed by atoms with Gasteiger partial charge < -0.3 is 34.4 Å². The molecule has 0 aliphatic carbocycles. The molecule has 3 heterocycles. The summed E-state index contributed by atoms with van der Waals surface area (Å²) in [5, 5.41) is 3.07. The Kier molecular flexibility index (Phi) is 6.86. The van der Waals surface area contributed by atoms with Crippen molar-refractivity contribution in [2.75, 3.05) is 44.5 Å². The van der Waals surface area contributed by atoms with Crippen molar-refractivity contribution in [3.63, 3.8) is 0 Å². The number of oxazole rings is 1. The van der Waals surface area contributed by atoms with Crippen LogP contribution in [0, 0.1) is 0 Å². The minimum Gasteiger partial charge on any atom is -0.497 e. The van der Waals surface area contributed by atoms with Gasteiger partial charge in [-0.3, -0.25) is 9.59 Å². The van der Waals surface area contributed by atoms with Crippen LogP contribution in [0.5, 0.6) is 5.75 Å². The van der Waals surface area contributed by atoms with Crippen LogP contribution in [0.2, 0.25) is 0 Å². The van der Waals surface area contributed by atoms with Gasteiger partial charge in [0.05, 0.1) is 31.6 Å². The summed E-state index contributed by atoms with van der Waals surface area (Å²) in [6.45, 7) is 2.04. The Morgan fingerprint density at radius 1 is 1.05 bits per heavy atom. The van der Waals surface area contributed by atoms with E-state index in [0.29, 0.717) is 71.5 Å². The molecule has 3 aromatic carbocycles. The number of nitrogens with two attached hydrogens (primary N) is 1. The first-order valence-corrected chi connectivity index (χ1v) is 13.1. The van der Waals surface area contributed by atoms with E-state index in [4.69, 9.17) is 19.6 Å². The first kappa shape index (κ1) is 26.1. The highest BCUT2D eigenvalue weighted by atomic mass is 16.5. The monoisotopic (exact) mass is 552 g/mol. The number of amides is 1. The number of aromatic nitrogens is 3. The molecule has 1 aliphatic rings. The highest BCUT2D eigenvalue weighted by molar-refractivity contribution is 6.00. The van der Waals surface area contributed by atoms with Crippen LogP contribution in [0.15, 0.2) is 76.1 Å². The summed E-state index contributed by atoms with van der Waals surface area (Å²) >= 11 is 0. The number of morpholine rings is 1. The van der Waals surface area contributed by atoms with Crippen molar-refractivity contribution in [1.29, 1.82) is 0 Å². The Balaban J connectivity index is 1.32. The molecule has 41 heavy (non-hydrogen) atoms. The van der Waals surface area contributed by atoms with Crippen LogP contribution in [0.1, 0.15) is 10.4 Å². The van der Waals surface area contributed by atoms with E-state index in [0.717, 1.165) is 11.3 Å². The Bertz CT molecular complexity index is 1810. The third kappa shape index (κ3) is 5.10. The summed E-state index contributed by atoms with van der Waals surface area (Å²) in [5.74, 6) is 1.15. The smallest absolute Gasteiger partial charge is 0.293 e. The lowest BCUT2D eigenvalue weighted by Gasteiger charge is -2.27. The predicted molar refractivity (Wildman–Crippen MR) is 155 cm³/mol. The number of benzene rings is 3. The first-order chi connectivity index (χ1) is 19.9. The summed E-state index contributed by atoms with van der Waals surface area (Å²) in [7, 11) is 3.27. The number of para-hydroxylation sites is 1. The zero-order chi connectivity index (χ0) is 28.5. The van der Waals surface area contributed by atoms with E-state index in [9.17, 15) is 9.59 Å². The van der Waals surface area contributed by atoms with Crippen molar-refractivity contribution in [2.24, 2.45) is 7.05 Å². The molecule has 208 valence electrons. The molecule has 11 nitrogen and oxygen atoms in total. The number of carbonyl (C=O) groups excluding carboxylic acids is 1. The van der Waals surface area contributed by atoms with Crippen molar-refractivity contribution >= 4 is 34.2 Å². The number of nitrogen functional groups attached to an aromatic ring is 1. The lowest BCUT2D eigenvalue weighted by Crippen LogP contribution is -2.40. The van der Waals surface area contributed by atoms with Crippen molar-refractivity contribution in [1.82, 2.24) is 19.4 Å². The lowest BCUT2D eigenvalue weighted by molar-refractivity contribution is 0.0303. The topological polar surface area (TPSA) is 138 Å². The average molecular weight is 553 g/mol. The Hall–Kier alpha value is -5.16.